The summed E-state index contributed by atoms with van der Waals surface area (Å²) in [5.74, 6) is -0.201. The minimum absolute atomic E-state index is 0.0776. The Hall–Kier alpha value is -1.58. The highest BCUT2D eigenvalue weighted by molar-refractivity contribution is 5.72. The van der Waals surface area contributed by atoms with Crippen molar-refractivity contribution in [1.29, 1.82) is 0 Å². The van der Waals surface area contributed by atoms with Crippen LogP contribution >= 0.6 is 0 Å². The largest absolute Gasteiger partial charge is 0.480 e. The van der Waals surface area contributed by atoms with Crippen LogP contribution in [0.15, 0.2) is 12.1 Å². The second-order valence-corrected chi connectivity index (χ2v) is 3.76. The zero-order valence-electron chi connectivity index (χ0n) is 8.49. The lowest BCUT2D eigenvalue weighted by atomic mass is 9.96. The van der Waals surface area contributed by atoms with Crippen molar-refractivity contribution in [2.75, 3.05) is 11.9 Å². The molecule has 0 radical (unpaired) electrons. The van der Waals surface area contributed by atoms with Crippen LogP contribution in [0.3, 0.4) is 0 Å². The normalized spacial score (nSPS) is 14.4. The lowest BCUT2D eigenvalue weighted by molar-refractivity contribution is -0.134. The highest BCUT2D eigenvalue weighted by Gasteiger charge is 2.10. The van der Waals surface area contributed by atoms with Crippen molar-refractivity contribution in [3.63, 3.8) is 0 Å². The quantitative estimate of drug-likeness (QED) is 0.785. The Morgan fingerprint density at radius 1 is 1.40 bits per heavy atom. The van der Waals surface area contributed by atoms with Gasteiger partial charge in [0.15, 0.2) is 0 Å². The molecule has 4 heteroatoms. The number of nitrogens with one attached hydrogen (secondary N) is 1. The molecule has 0 saturated heterocycles. The van der Waals surface area contributed by atoms with Crippen LogP contribution in [0.5, 0.6) is 0 Å². The molecular weight excluding hydrogens is 192 g/mol. The smallest absolute Gasteiger partial charge is 0.322 e. The van der Waals surface area contributed by atoms with Crippen molar-refractivity contribution in [2.24, 2.45) is 0 Å². The van der Waals surface area contributed by atoms with E-state index in [1.165, 1.54) is 18.4 Å². The molecule has 4 nitrogen and oxygen atoms in total. The lowest BCUT2D eigenvalue weighted by Crippen LogP contribution is -2.14. The van der Waals surface area contributed by atoms with E-state index in [0.717, 1.165) is 18.5 Å². The van der Waals surface area contributed by atoms with E-state index in [9.17, 15) is 4.79 Å². The van der Waals surface area contributed by atoms with Gasteiger partial charge in [-0.05, 0) is 37.3 Å². The number of carboxylic acid groups (broad SMARTS) is 1. The average Bonchev–Trinajstić information content (AvgIpc) is 2.26. The number of aromatic nitrogens is 1. The fourth-order valence-corrected chi connectivity index (χ4v) is 1.85. The summed E-state index contributed by atoms with van der Waals surface area (Å²) in [6.45, 7) is -0.0776. The maximum atomic E-state index is 10.4. The molecule has 0 unspecified atom stereocenters. The number of fused-ring (bicyclic) bond motifs is 1. The van der Waals surface area contributed by atoms with Gasteiger partial charge in [0.2, 0.25) is 0 Å². The number of carbonyl (C=O) groups is 1. The number of aryl methyl sites for hydroxylation is 2. The molecule has 2 N–H and O–H groups in total. The van der Waals surface area contributed by atoms with Gasteiger partial charge in [-0.2, -0.15) is 0 Å². The van der Waals surface area contributed by atoms with Crippen molar-refractivity contribution < 1.29 is 9.90 Å². The summed E-state index contributed by atoms with van der Waals surface area (Å²) in [5, 5.41) is 11.3. The number of pyridine rings is 1. The predicted molar refractivity (Wildman–Crippen MR) is 57.0 cm³/mol. The van der Waals surface area contributed by atoms with Gasteiger partial charge in [0.05, 0.1) is 0 Å². The molecule has 1 aliphatic rings. The summed E-state index contributed by atoms with van der Waals surface area (Å²) in [7, 11) is 0. The SMILES string of the molecule is O=C(O)CNc1ccc2c(n1)CCCC2. The Morgan fingerprint density at radius 2 is 2.20 bits per heavy atom. The van der Waals surface area contributed by atoms with Crippen LogP contribution < -0.4 is 5.32 Å². The monoisotopic (exact) mass is 206 g/mol. The number of aliphatic carboxylic acids is 1. The van der Waals surface area contributed by atoms with Gasteiger partial charge in [-0.1, -0.05) is 6.07 Å². The molecule has 2 rings (SSSR count). The molecule has 0 atom stereocenters. The third-order valence-electron chi connectivity index (χ3n) is 2.60. The van der Waals surface area contributed by atoms with E-state index in [1.807, 2.05) is 12.1 Å². The summed E-state index contributed by atoms with van der Waals surface area (Å²) in [5.41, 5.74) is 2.43. The van der Waals surface area contributed by atoms with Gasteiger partial charge in [-0.3, -0.25) is 4.79 Å². The van der Waals surface area contributed by atoms with E-state index in [-0.39, 0.29) is 6.54 Å². The minimum Gasteiger partial charge on any atom is -0.480 e. The number of anilines is 1. The van der Waals surface area contributed by atoms with E-state index in [4.69, 9.17) is 5.11 Å². The second-order valence-electron chi connectivity index (χ2n) is 3.76. The Morgan fingerprint density at radius 3 is 3.00 bits per heavy atom. The minimum atomic E-state index is -0.866. The number of nitrogens with zero attached hydrogens (tertiary/aromatic N) is 1. The van der Waals surface area contributed by atoms with Crippen LogP contribution in [0.25, 0.3) is 0 Å². The molecule has 1 heterocycles. The topological polar surface area (TPSA) is 62.2 Å². The number of carboxylic acids is 1. The fraction of sp³-hybridized carbons (Fsp3) is 0.455. The van der Waals surface area contributed by atoms with Crippen molar-refractivity contribution in [3.8, 4) is 0 Å². The zero-order valence-corrected chi connectivity index (χ0v) is 8.49. The van der Waals surface area contributed by atoms with Crippen molar-refractivity contribution in [1.82, 2.24) is 4.98 Å². The van der Waals surface area contributed by atoms with E-state index < -0.39 is 5.97 Å². The van der Waals surface area contributed by atoms with Crippen LogP contribution in [-0.2, 0) is 17.6 Å². The molecule has 1 aliphatic carbocycles. The molecule has 0 fully saturated rings. The van der Waals surface area contributed by atoms with Gasteiger partial charge in [0.1, 0.15) is 12.4 Å². The van der Waals surface area contributed by atoms with Crippen molar-refractivity contribution >= 4 is 11.8 Å². The van der Waals surface area contributed by atoms with Crippen LogP contribution in [0, 0.1) is 0 Å². The molecule has 80 valence electrons. The number of hydrogen-bond donors (Lipinski definition) is 2. The average molecular weight is 206 g/mol. The molecule has 0 aliphatic heterocycles. The second kappa shape index (κ2) is 4.29. The summed E-state index contributed by atoms with van der Waals surface area (Å²) in [6, 6.07) is 3.90. The first kappa shape index (κ1) is 9.96. The Kier molecular flexibility index (Phi) is 2.85. The van der Waals surface area contributed by atoms with E-state index in [2.05, 4.69) is 10.3 Å². The standard InChI is InChI=1S/C11H14N2O2/c14-11(15)7-12-10-6-5-8-3-1-2-4-9(8)13-10/h5-6H,1-4,7H2,(H,12,13)(H,14,15). The first-order valence-corrected chi connectivity index (χ1v) is 5.20. The maximum Gasteiger partial charge on any atom is 0.322 e. The fourth-order valence-electron chi connectivity index (χ4n) is 1.85. The van der Waals surface area contributed by atoms with Gasteiger partial charge in [0, 0.05) is 5.69 Å². The molecular formula is C11H14N2O2. The van der Waals surface area contributed by atoms with Gasteiger partial charge in [-0.25, -0.2) is 4.98 Å². The first-order valence-electron chi connectivity index (χ1n) is 5.20. The zero-order chi connectivity index (χ0) is 10.7. The number of hydrogen-bond acceptors (Lipinski definition) is 3. The molecule has 0 amide bonds. The molecule has 0 spiro atoms. The van der Waals surface area contributed by atoms with Gasteiger partial charge in [0.25, 0.3) is 0 Å². The first-order chi connectivity index (χ1) is 7.25. The van der Waals surface area contributed by atoms with Gasteiger partial charge >= 0.3 is 5.97 Å². The Balaban J connectivity index is 2.10. The van der Waals surface area contributed by atoms with Crippen molar-refractivity contribution in [2.45, 2.75) is 25.7 Å². The van der Waals surface area contributed by atoms with E-state index in [1.54, 1.807) is 0 Å². The van der Waals surface area contributed by atoms with Crippen molar-refractivity contribution in [3.05, 3.63) is 23.4 Å². The predicted octanol–water partition coefficient (Wildman–Crippen LogP) is 1.46. The number of rotatable bonds is 3. The van der Waals surface area contributed by atoms with Crippen LogP contribution in [0.2, 0.25) is 0 Å². The Labute approximate surface area is 88.3 Å². The highest BCUT2D eigenvalue weighted by atomic mass is 16.4. The third kappa shape index (κ3) is 2.46. The molecule has 0 saturated carbocycles. The van der Waals surface area contributed by atoms with Crippen LogP contribution in [-0.4, -0.2) is 22.6 Å². The molecule has 0 bridgehead atoms. The maximum absolute atomic E-state index is 10.4. The van der Waals surface area contributed by atoms with E-state index >= 15 is 0 Å². The highest BCUT2D eigenvalue weighted by Crippen LogP contribution is 2.20. The Bertz CT molecular complexity index is 377. The molecule has 1 aromatic rings. The van der Waals surface area contributed by atoms with E-state index in [0.29, 0.717) is 5.82 Å². The summed E-state index contributed by atoms with van der Waals surface area (Å²) in [6.07, 6.45) is 4.53. The summed E-state index contributed by atoms with van der Waals surface area (Å²) in [4.78, 5) is 14.8. The molecule has 0 aromatic carbocycles. The van der Waals surface area contributed by atoms with Gasteiger partial charge in [-0.15, -0.1) is 0 Å². The van der Waals surface area contributed by atoms with Crippen LogP contribution in [0.4, 0.5) is 5.82 Å². The summed E-state index contributed by atoms with van der Waals surface area (Å²) < 4.78 is 0. The molecule has 1 aromatic heterocycles. The third-order valence-corrected chi connectivity index (χ3v) is 2.60. The molecule has 15 heavy (non-hydrogen) atoms. The lowest BCUT2D eigenvalue weighted by Gasteiger charge is -2.15. The van der Waals surface area contributed by atoms with Gasteiger partial charge < -0.3 is 10.4 Å². The van der Waals surface area contributed by atoms with Crippen LogP contribution in [0.1, 0.15) is 24.1 Å². The summed E-state index contributed by atoms with van der Waals surface area (Å²) >= 11 is 0.